The average Bonchev–Trinajstić information content (AvgIpc) is 2.88. The lowest BCUT2D eigenvalue weighted by Crippen LogP contribution is -2.38. The van der Waals surface area contributed by atoms with Crippen LogP contribution < -0.4 is 14.5 Å². The summed E-state index contributed by atoms with van der Waals surface area (Å²) in [4.78, 5) is 28.6. The third-order valence-electron chi connectivity index (χ3n) is 6.03. The molecule has 202 valence electrons. The molecule has 0 heterocycles. The Labute approximate surface area is 220 Å². The molecule has 0 aliphatic heterocycles. The summed E-state index contributed by atoms with van der Waals surface area (Å²) >= 11 is 0. The highest BCUT2D eigenvalue weighted by Crippen LogP contribution is 2.37. The van der Waals surface area contributed by atoms with Crippen molar-refractivity contribution in [3.8, 4) is 16.9 Å². The Balaban J connectivity index is 1.95. The summed E-state index contributed by atoms with van der Waals surface area (Å²) < 4.78 is 46.5. The molecule has 0 atom stereocenters. The molecule has 0 saturated heterocycles. The SMILES string of the molecule is COC(=O)C(=O)N(CCCCc1ccccc1)c1cc(-c2ccc(OC(F)(F)F)cc2)c(N(C)C)cc1C. The third-order valence-corrected chi connectivity index (χ3v) is 6.03. The Morgan fingerprint density at radius 1 is 0.895 bits per heavy atom. The second-order valence-corrected chi connectivity index (χ2v) is 9.01. The van der Waals surface area contributed by atoms with E-state index in [1.807, 2.05) is 62.3 Å². The summed E-state index contributed by atoms with van der Waals surface area (Å²) in [6, 6.07) is 19.2. The Hall–Kier alpha value is -4.01. The lowest BCUT2D eigenvalue weighted by Gasteiger charge is -2.27. The van der Waals surface area contributed by atoms with E-state index in [2.05, 4.69) is 4.74 Å². The molecule has 9 heteroatoms. The number of benzene rings is 3. The molecule has 0 N–H and O–H groups in total. The summed E-state index contributed by atoms with van der Waals surface area (Å²) in [7, 11) is 4.85. The maximum Gasteiger partial charge on any atom is 0.573 e. The van der Waals surface area contributed by atoms with Crippen LogP contribution >= 0.6 is 0 Å². The van der Waals surface area contributed by atoms with Crippen LogP contribution in [0.3, 0.4) is 0 Å². The summed E-state index contributed by atoms with van der Waals surface area (Å²) in [6.45, 7) is 2.13. The maximum atomic E-state index is 13.1. The minimum absolute atomic E-state index is 0.292. The number of carbonyl (C=O) groups is 2. The smallest absolute Gasteiger partial charge is 0.462 e. The van der Waals surface area contributed by atoms with Crippen molar-refractivity contribution in [3.05, 3.63) is 77.9 Å². The number of carbonyl (C=O) groups excluding carboxylic acids is 2. The summed E-state index contributed by atoms with van der Waals surface area (Å²) in [5.74, 6) is -2.09. The number of amides is 1. The number of methoxy groups -OCH3 is 1. The van der Waals surface area contributed by atoms with Crippen LogP contribution in [0.15, 0.2) is 66.7 Å². The molecule has 0 saturated carbocycles. The van der Waals surface area contributed by atoms with Gasteiger partial charge in [-0.25, -0.2) is 4.79 Å². The van der Waals surface area contributed by atoms with Gasteiger partial charge in [-0.2, -0.15) is 0 Å². The fourth-order valence-corrected chi connectivity index (χ4v) is 4.18. The van der Waals surface area contributed by atoms with Crippen molar-refractivity contribution >= 4 is 23.3 Å². The van der Waals surface area contributed by atoms with Crippen molar-refractivity contribution in [2.75, 3.05) is 37.5 Å². The molecule has 1 amide bonds. The van der Waals surface area contributed by atoms with Gasteiger partial charge >= 0.3 is 18.2 Å². The zero-order valence-corrected chi connectivity index (χ0v) is 21.8. The molecule has 3 aromatic carbocycles. The molecule has 0 aliphatic carbocycles. The Kier molecular flexibility index (Phi) is 9.39. The van der Waals surface area contributed by atoms with Crippen molar-refractivity contribution in [1.29, 1.82) is 0 Å². The molecule has 0 bridgehead atoms. The molecule has 0 aromatic heterocycles. The van der Waals surface area contributed by atoms with Crippen molar-refractivity contribution in [2.45, 2.75) is 32.5 Å². The molecular weight excluding hydrogens is 497 g/mol. The molecule has 38 heavy (non-hydrogen) atoms. The largest absolute Gasteiger partial charge is 0.573 e. The van der Waals surface area contributed by atoms with Gasteiger partial charge in [-0.15, -0.1) is 13.2 Å². The number of anilines is 2. The van der Waals surface area contributed by atoms with Gasteiger partial charge in [0.1, 0.15) is 5.75 Å². The van der Waals surface area contributed by atoms with E-state index < -0.39 is 18.2 Å². The monoisotopic (exact) mass is 528 g/mol. The van der Waals surface area contributed by atoms with E-state index in [0.29, 0.717) is 29.8 Å². The number of alkyl halides is 3. The van der Waals surface area contributed by atoms with Crippen LogP contribution in [-0.4, -0.2) is 46.0 Å². The number of esters is 1. The molecular formula is C29H31F3N2O4. The number of halogens is 3. The molecule has 0 radical (unpaired) electrons. The predicted molar refractivity (Wildman–Crippen MR) is 141 cm³/mol. The fourth-order valence-electron chi connectivity index (χ4n) is 4.18. The first-order valence-corrected chi connectivity index (χ1v) is 12.1. The Morgan fingerprint density at radius 3 is 2.13 bits per heavy atom. The predicted octanol–water partition coefficient (Wildman–Crippen LogP) is 6.16. The lowest BCUT2D eigenvalue weighted by molar-refractivity contribution is -0.274. The number of unbranched alkanes of at least 4 members (excludes halogenated alkanes) is 1. The van der Waals surface area contributed by atoms with Crippen LogP contribution in [0.4, 0.5) is 24.5 Å². The molecule has 0 unspecified atom stereocenters. The zero-order valence-electron chi connectivity index (χ0n) is 21.8. The highest BCUT2D eigenvalue weighted by atomic mass is 19.4. The molecule has 0 fully saturated rings. The normalized spacial score (nSPS) is 11.1. The van der Waals surface area contributed by atoms with E-state index in [4.69, 9.17) is 4.74 Å². The molecule has 0 spiro atoms. The van der Waals surface area contributed by atoms with Gasteiger partial charge in [-0.05, 0) is 67.1 Å². The van der Waals surface area contributed by atoms with Crippen LogP contribution in [0.25, 0.3) is 11.1 Å². The van der Waals surface area contributed by atoms with E-state index >= 15 is 0 Å². The van der Waals surface area contributed by atoms with E-state index in [1.165, 1.54) is 34.7 Å². The van der Waals surface area contributed by atoms with Crippen molar-refractivity contribution < 1.29 is 32.2 Å². The number of hydrogen-bond donors (Lipinski definition) is 0. The minimum atomic E-state index is -4.79. The summed E-state index contributed by atoms with van der Waals surface area (Å²) in [5, 5.41) is 0. The van der Waals surface area contributed by atoms with Crippen LogP contribution in [-0.2, 0) is 20.7 Å². The van der Waals surface area contributed by atoms with Gasteiger partial charge in [0.05, 0.1) is 7.11 Å². The fraction of sp³-hybridized carbons (Fsp3) is 0.310. The van der Waals surface area contributed by atoms with Gasteiger partial charge in [-0.3, -0.25) is 4.79 Å². The standard InChI is InChI=1S/C29H31F3N2O4/c1-20-18-26(33(2)3)24(22-13-15-23(16-14-22)38-29(30,31)32)19-25(20)34(27(35)28(36)37-4)17-9-8-12-21-10-6-5-7-11-21/h5-7,10-11,13-16,18-19H,8-9,12,17H2,1-4H3. The topological polar surface area (TPSA) is 59.1 Å². The number of nitrogens with zero attached hydrogens (tertiary/aromatic N) is 2. The van der Waals surface area contributed by atoms with Gasteiger partial charge in [0.25, 0.3) is 0 Å². The van der Waals surface area contributed by atoms with E-state index in [0.717, 1.165) is 31.2 Å². The van der Waals surface area contributed by atoms with Gasteiger partial charge < -0.3 is 19.3 Å². The second kappa shape index (κ2) is 12.5. The lowest BCUT2D eigenvalue weighted by atomic mass is 9.98. The number of aryl methyl sites for hydroxylation is 2. The number of ether oxygens (including phenoxy) is 2. The quantitative estimate of drug-likeness (QED) is 0.189. The third kappa shape index (κ3) is 7.50. The zero-order chi connectivity index (χ0) is 27.9. The van der Waals surface area contributed by atoms with E-state index in [1.54, 1.807) is 6.07 Å². The van der Waals surface area contributed by atoms with Crippen molar-refractivity contribution in [2.24, 2.45) is 0 Å². The van der Waals surface area contributed by atoms with Crippen molar-refractivity contribution in [1.82, 2.24) is 0 Å². The summed E-state index contributed by atoms with van der Waals surface area (Å²) in [5.41, 5.74) is 4.57. The molecule has 6 nitrogen and oxygen atoms in total. The first-order valence-electron chi connectivity index (χ1n) is 12.1. The first-order chi connectivity index (χ1) is 18.0. The average molecular weight is 529 g/mol. The number of hydrogen-bond acceptors (Lipinski definition) is 5. The molecule has 0 aliphatic rings. The minimum Gasteiger partial charge on any atom is -0.462 e. The number of rotatable bonds is 9. The Bertz CT molecular complexity index is 1240. The van der Waals surface area contributed by atoms with Crippen LogP contribution in [0.5, 0.6) is 5.75 Å². The van der Waals surface area contributed by atoms with Gasteiger partial charge in [0.15, 0.2) is 0 Å². The van der Waals surface area contributed by atoms with Crippen molar-refractivity contribution in [3.63, 3.8) is 0 Å². The first kappa shape index (κ1) is 28.6. The molecule has 3 rings (SSSR count). The highest BCUT2D eigenvalue weighted by molar-refractivity contribution is 6.38. The Morgan fingerprint density at radius 2 is 1.55 bits per heavy atom. The summed E-state index contributed by atoms with van der Waals surface area (Å²) in [6.07, 6.45) is -2.51. The van der Waals surface area contributed by atoms with Crippen LogP contribution in [0.1, 0.15) is 24.0 Å². The molecule has 3 aromatic rings. The van der Waals surface area contributed by atoms with Gasteiger partial charge in [0.2, 0.25) is 0 Å². The van der Waals surface area contributed by atoms with Crippen LogP contribution in [0.2, 0.25) is 0 Å². The highest BCUT2D eigenvalue weighted by Gasteiger charge is 2.31. The second-order valence-electron chi connectivity index (χ2n) is 9.01. The van der Waals surface area contributed by atoms with E-state index in [-0.39, 0.29) is 5.75 Å². The van der Waals surface area contributed by atoms with Gasteiger partial charge in [0, 0.05) is 37.6 Å². The maximum absolute atomic E-state index is 13.1. The van der Waals surface area contributed by atoms with E-state index in [9.17, 15) is 22.8 Å². The van der Waals surface area contributed by atoms with Gasteiger partial charge in [-0.1, -0.05) is 42.5 Å². The van der Waals surface area contributed by atoms with Crippen LogP contribution in [0, 0.1) is 6.92 Å².